The molecular formula is C23H31N5O5. The number of amides is 1. The standard InChI is InChI=1S/C23H31N5O5/c1-14-20(32-12-15-8-9-17(15)22(29)30)11-10-18(24-14)21-19(28(2)27-26-21)13-33-23(31)25-16-6-4-3-5-7-16/h10-11,15-17H,3-9,12-13H2,1-2H3,(H,25,31)(H,29,30)/t15-,17+/m0/s1. The van der Waals surface area contributed by atoms with E-state index in [0.717, 1.165) is 32.1 Å². The van der Waals surface area contributed by atoms with Crippen LogP contribution in [0, 0.1) is 18.8 Å². The zero-order chi connectivity index (χ0) is 23.4. The highest BCUT2D eigenvalue weighted by Crippen LogP contribution is 2.35. The maximum absolute atomic E-state index is 12.2. The van der Waals surface area contributed by atoms with Gasteiger partial charge in [-0.3, -0.25) is 4.79 Å². The van der Waals surface area contributed by atoms with E-state index in [4.69, 9.17) is 9.47 Å². The van der Waals surface area contributed by atoms with Crippen molar-refractivity contribution in [1.82, 2.24) is 25.3 Å². The van der Waals surface area contributed by atoms with Crippen LogP contribution < -0.4 is 10.1 Å². The fraction of sp³-hybridized carbons (Fsp3) is 0.609. The molecule has 0 spiro atoms. The molecule has 33 heavy (non-hydrogen) atoms. The third kappa shape index (κ3) is 5.43. The topological polar surface area (TPSA) is 128 Å². The van der Waals surface area contributed by atoms with Gasteiger partial charge in [0.05, 0.1) is 23.9 Å². The number of nitrogens with zero attached hydrogens (tertiary/aromatic N) is 4. The summed E-state index contributed by atoms with van der Waals surface area (Å²) in [6.07, 6.45) is 6.59. The molecule has 0 aromatic carbocycles. The Morgan fingerprint density at radius 3 is 2.64 bits per heavy atom. The number of aryl methyl sites for hydroxylation is 2. The van der Waals surface area contributed by atoms with Gasteiger partial charge < -0.3 is 19.9 Å². The zero-order valence-corrected chi connectivity index (χ0v) is 19.1. The maximum Gasteiger partial charge on any atom is 0.407 e. The van der Waals surface area contributed by atoms with Crippen LogP contribution in [0.25, 0.3) is 11.4 Å². The van der Waals surface area contributed by atoms with Crippen molar-refractivity contribution in [3.63, 3.8) is 0 Å². The molecule has 2 heterocycles. The second kappa shape index (κ2) is 10.2. The largest absolute Gasteiger partial charge is 0.491 e. The van der Waals surface area contributed by atoms with Gasteiger partial charge in [-0.05, 0) is 44.7 Å². The predicted molar refractivity (Wildman–Crippen MR) is 119 cm³/mol. The van der Waals surface area contributed by atoms with E-state index < -0.39 is 12.1 Å². The van der Waals surface area contributed by atoms with E-state index in [0.29, 0.717) is 41.6 Å². The number of hydrogen-bond acceptors (Lipinski definition) is 7. The smallest absolute Gasteiger partial charge is 0.407 e. The summed E-state index contributed by atoms with van der Waals surface area (Å²) in [5.74, 6) is -0.437. The molecule has 0 bridgehead atoms. The van der Waals surface area contributed by atoms with Gasteiger partial charge in [-0.15, -0.1) is 5.10 Å². The van der Waals surface area contributed by atoms with Crippen LogP contribution in [-0.2, 0) is 23.2 Å². The first-order valence-corrected chi connectivity index (χ1v) is 11.6. The highest BCUT2D eigenvalue weighted by molar-refractivity contribution is 5.71. The van der Waals surface area contributed by atoms with Gasteiger partial charge in [-0.25, -0.2) is 14.5 Å². The van der Waals surface area contributed by atoms with Crippen LogP contribution in [0.1, 0.15) is 56.3 Å². The van der Waals surface area contributed by atoms with Crippen LogP contribution in [0.4, 0.5) is 4.79 Å². The Labute approximate surface area is 192 Å². The number of hydrogen-bond donors (Lipinski definition) is 2. The van der Waals surface area contributed by atoms with Crippen LogP contribution in [0.15, 0.2) is 12.1 Å². The van der Waals surface area contributed by atoms with Crippen LogP contribution in [0.5, 0.6) is 5.75 Å². The van der Waals surface area contributed by atoms with E-state index in [9.17, 15) is 14.7 Å². The number of ether oxygens (including phenoxy) is 2. The molecule has 0 aliphatic heterocycles. The summed E-state index contributed by atoms with van der Waals surface area (Å²) < 4.78 is 12.9. The fourth-order valence-corrected chi connectivity index (χ4v) is 4.45. The van der Waals surface area contributed by atoms with Crippen LogP contribution >= 0.6 is 0 Å². The van der Waals surface area contributed by atoms with Crippen LogP contribution in [-0.4, -0.2) is 49.8 Å². The molecule has 10 heteroatoms. The number of nitrogens with one attached hydrogen (secondary N) is 1. The number of aromatic nitrogens is 4. The molecule has 0 radical (unpaired) electrons. The summed E-state index contributed by atoms with van der Waals surface area (Å²) in [4.78, 5) is 28.0. The zero-order valence-electron chi connectivity index (χ0n) is 19.1. The van der Waals surface area contributed by atoms with Gasteiger partial charge in [0.25, 0.3) is 0 Å². The molecule has 2 aromatic heterocycles. The Bertz CT molecular complexity index is 1000. The van der Waals surface area contributed by atoms with Gasteiger partial charge >= 0.3 is 12.1 Å². The summed E-state index contributed by atoms with van der Waals surface area (Å²) in [6, 6.07) is 3.77. The quantitative estimate of drug-likeness (QED) is 0.618. The normalized spacial score (nSPS) is 20.7. The van der Waals surface area contributed by atoms with Crippen molar-refractivity contribution in [3.8, 4) is 17.1 Å². The van der Waals surface area contributed by atoms with Crippen LogP contribution in [0.3, 0.4) is 0 Å². The van der Waals surface area contributed by atoms with E-state index in [2.05, 4.69) is 20.6 Å². The van der Waals surface area contributed by atoms with Crippen molar-refractivity contribution < 1.29 is 24.2 Å². The summed E-state index contributed by atoms with van der Waals surface area (Å²) >= 11 is 0. The lowest BCUT2D eigenvalue weighted by Gasteiger charge is -2.33. The minimum atomic E-state index is -0.759. The first-order valence-electron chi connectivity index (χ1n) is 11.6. The number of pyridine rings is 1. The average Bonchev–Trinajstić information content (AvgIpc) is 3.13. The fourth-order valence-electron chi connectivity index (χ4n) is 4.45. The molecular weight excluding hydrogens is 426 g/mol. The monoisotopic (exact) mass is 457 g/mol. The number of carboxylic acid groups (broad SMARTS) is 1. The third-order valence-corrected chi connectivity index (χ3v) is 6.68. The number of rotatable bonds is 8. The highest BCUT2D eigenvalue weighted by atomic mass is 16.5. The van der Waals surface area contributed by atoms with Gasteiger partial charge in [0.15, 0.2) is 0 Å². The van der Waals surface area contributed by atoms with Gasteiger partial charge in [0, 0.05) is 19.0 Å². The Morgan fingerprint density at radius 1 is 1.18 bits per heavy atom. The van der Waals surface area contributed by atoms with E-state index >= 15 is 0 Å². The first kappa shape index (κ1) is 23.0. The van der Waals surface area contributed by atoms with Crippen molar-refractivity contribution in [2.24, 2.45) is 18.9 Å². The second-order valence-electron chi connectivity index (χ2n) is 8.94. The Balaban J connectivity index is 1.37. The Hall–Kier alpha value is -3.17. The second-order valence-corrected chi connectivity index (χ2v) is 8.94. The van der Waals surface area contributed by atoms with Gasteiger partial charge in [-0.2, -0.15) is 0 Å². The lowest BCUT2D eigenvalue weighted by Crippen LogP contribution is -2.36. The van der Waals surface area contributed by atoms with Crippen molar-refractivity contribution >= 4 is 12.1 Å². The number of carbonyl (C=O) groups excluding carboxylic acids is 1. The summed E-state index contributed by atoms with van der Waals surface area (Å²) in [7, 11) is 1.75. The minimum absolute atomic E-state index is 0.0325. The predicted octanol–water partition coefficient (Wildman–Crippen LogP) is 3.23. The third-order valence-electron chi connectivity index (χ3n) is 6.68. The molecule has 2 aliphatic carbocycles. The number of aliphatic carboxylic acids is 1. The lowest BCUT2D eigenvalue weighted by molar-refractivity contribution is -0.148. The Morgan fingerprint density at radius 2 is 1.97 bits per heavy atom. The highest BCUT2D eigenvalue weighted by Gasteiger charge is 2.37. The van der Waals surface area contributed by atoms with Gasteiger partial charge in [0.2, 0.25) is 0 Å². The summed E-state index contributed by atoms with van der Waals surface area (Å²) in [5.41, 5.74) is 2.47. The molecule has 2 fully saturated rings. The minimum Gasteiger partial charge on any atom is -0.491 e. The van der Waals surface area contributed by atoms with Crippen LogP contribution in [0.2, 0.25) is 0 Å². The van der Waals surface area contributed by atoms with E-state index in [1.807, 2.05) is 6.92 Å². The molecule has 178 valence electrons. The molecule has 0 saturated heterocycles. The molecule has 4 rings (SSSR count). The number of alkyl carbamates (subject to hydrolysis) is 1. The van der Waals surface area contributed by atoms with Crippen molar-refractivity contribution in [1.29, 1.82) is 0 Å². The van der Waals surface area contributed by atoms with Crippen molar-refractivity contribution in [2.45, 2.75) is 64.5 Å². The lowest BCUT2D eigenvalue weighted by atomic mass is 9.74. The summed E-state index contributed by atoms with van der Waals surface area (Å²) in [6.45, 7) is 2.23. The average molecular weight is 458 g/mol. The van der Waals surface area contributed by atoms with Crippen molar-refractivity contribution in [3.05, 3.63) is 23.5 Å². The van der Waals surface area contributed by atoms with E-state index in [1.54, 1.807) is 23.9 Å². The van der Waals surface area contributed by atoms with E-state index in [-0.39, 0.29) is 24.5 Å². The summed E-state index contributed by atoms with van der Waals surface area (Å²) in [5, 5.41) is 20.4. The molecule has 2 atom stereocenters. The Kier molecular flexibility index (Phi) is 7.10. The van der Waals surface area contributed by atoms with E-state index in [1.165, 1.54) is 6.42 Å². The molecule has 2 saturated carbocycles. The van der Waals surface area contributed by atoms with Crippen molar-refractivity contribution in [2.75, 3.05) is 6.61 Å². The molecule has 2 aromatic rings. The molecule has 0 unspecified atom stereocenters. The number of carbonyl (C=O) groups is 2. The molecule has 10 nitrogen and oxygen atoms in total. The first-order chi connectivity index (χ1) is 15.9. The molecule has 1 amide bonds. The SMILES string of the molecule is Cc1nc(-c2nnn(C)c2COC(=O)NC2CCCCC2)ccc1OC[C@@H]1CC[C@H]1C(=O)O. The van der Waals surface area contributed by atoms with Gasteiger partial charge in [0.1, 0.15) is 23.7 Å². The van der Waals surface area contributed by atoms with Gasteiger partial charge in [-0.1, -0.05) is 24.5 Å². The molecule has 2 aliphatic rings. The number of carboxylic acids is 1. The molecule has 2 N–H and O–H groups in total. The maximum atomic E-state index is 12.2.